The molecular formula is C23H25FN6. The summed E-state index contributed by atoms with van der Waals surface area (Å²) in [7, 11) is 0. The van der Waals surface area contributed by atoms with Crippen molar-refractivity contribution in [3.8, 4) is 0 Å². The van der Waals surface area contributed by atoms with Crippen LogP contribution < -0.4 is 20.9 Å². The van der Waals surface area contributed by atoms with Crippen molar-refractivity contribution >= 4 is 39.4 Å². The Labute approximate surface area is 175 Å². The van der Waals surface area contributed by atoms with Gasteiger partial charge in [0.15, 0.2) is 0 Å². The number of hydrogen-bond acceptors (Lipinski definition) is 5. The molecule has 0 unspecified atom stereocenters. The molecule has 1 fully saturated rings. The molecule has 2 aliphatic heterocycles. The Morgan fingerprint density at radius 3 is 2.73 bits per heavy atom. The Balaban J connectivity index is 1.61. The van der Waals surface area contributed by atoms with E-state index in [1.165, 1.54) is 0 Å². The SMILES string of the molecule is C=C1C(n2cnc3ccc(N)cc32)=CN(CC)c2cc(N3CCNCC3)c(F)cc21. The summed E-state index contributed by atoms with van der Waals surface area (Å²) in [6.07, 6.45) is 3.83. The van der Waals surface area contributed by atoms with Crippen molar-refractivity contribution in [3.63, 3.8) is 0 Å². The largest absolute Gasteiger partial charge is 0.399 e. The average molecular weight is 404 g/mol. The third-order valence-corrected chi connectivity index (χ3v) is 5.92. The number of nitrogens with zero attached hydrogens (tertiary/aromatic N) is 4. The first-order valence-corrected chi connectivity index (χ1v) is 10.3. The molecule has 154 valence electrons. The van der Waals surface area contributed by atoms with E-state index in [1.54, 1.807) is 12.4 Å². The molecule has 3 N–H and O–H groups in total. The molecule has 0 aliphatic carbocycles. The summed E-state index contributed by atoms with van der Waals surface area (Å²) >= 11 is 0. The van der Waals surface area contributed by atoms with Gasteiger partial charge in [-0.2, -0.15) is 0 Å². The molecule has 2 aliphatic rings. The second-order valence-electron chi connectivity index (χ2n) is 7.70. The maximum Gasteiger partial charge on any atom is 0.147 e. The molecule has 5 rings (SSSR count). The number of aromatic nitrogens is 2. The predicted molar refractivity (Wildman–Crippen MR) is 122 cm³/mol. The van der Waals surface area contributed by atoms with Gasteiger partial charge in [-0.25, -0.2) is 9.37 Å². The van der Waals surface area contributed by atoms with Gasteiger partial charge in [0.2, 0.25) is 0 Å². The highest BCUT2D eigenvalue weighted by Crippen LogP contribution is 2.42. The Hall–Kier alpha value is -3.32. The molecular weight excluding hydrogens is 379 g/mol. The molecule has 0 saturated carbocycles. The number of imidazole rings is 1. The van der Waals surface area contributed by atoms with Crippen molar-refractivity contribution < 1.29 is 4.39 Å². The topological polar surface area (TPSA) is 62.4 Å². The summed E-state index contributed by atoms with van der Waals surface area (Å²) < 4.78 is 17.1. The van der Waals surface area contributed by atoms with Gasteiger partial charge >= 0.3 is 0 Å². The van der Waals surface area contributed by atoms with Crippen LogP contribution in [0.3, 0.4) is 0 Å². The zero-order valence-corrected chi connectivity index (χ0v) is 17.0. The highest BCUT2D eigenvalue weighted by molar-refractivity contribution is 6.06. The van der Waals surface area contributed by atoms with E-state index in [1.807, 2.05) is 28.8 Å². The summed E-state index contributed by atoms with van der Waals surface area (Å²) in [6, 6.07) is 9.22. The molecule has 30 heavy (non-hydrogen) atoms. The number of fused-ring (bicyclic) bond motifs is 2. The third kappa shape index (κ3) is 2.93. The van der Waals surface area contributed by atoms with Gasteiger partial charge in [0.25, 0.3) is 0 Å². The molecule has 0 spiro atoms. The van der Waals surface area contributed by atoms with E-state index in [9.17, 15) is 0 Å². The second-order valence-corrected chi connectivity index (χ2v) is 7.70. The van der Waals surface area contributed by atoms with E-state index in [4.69, 9.17) is 5.73 Å². The van der Waals surface area contributed by atoms with Crippen molar-refractivity contribution in [2.24, 2.45) is 0 Å². The van der Waals surface area contributed by atoms with E-state index >= 15 is 4.39 Å². The van der Waals surface area contributed by atoms with E-state index in [-0.39, 0.29) is 5.82 Å². The minimum absolute atomic E-state index is 0.214. The summed E-state index contributed by atoms with van der Waals surface area (Å²) in [5, 5.41) is 3.32. The number of halogens is 1. The summed E-state index contributed by atoms with van der Waals surface area (Å²) in [5.74, 6) is -0.214. The van der Waals surface area contributed by atoms with Gasteiger partial charge in [-0.15, -0.1) is 0 Å². The number of nitrogens with one attached hydrogen (secondary N) is 1. The number of nitrogens with two attached hydrogens (primary N) is 1. The Bertz CT molecular complexity index is 1170. The monoisotopic (exact) mass is 404 g/mol. The number of allylic oxidation sites excluding steroid dienone is 2. The number of rotatable bonds is 3. The van der Waals surface area contributed by atoms with Gasteiger partial charge < -0.3 is 20.9 Å². The highest BCUT2D eigenvalue weighted by Gasteiger charge is 2.26. The van der Waals surface area contributed by atoms with Crippen LogP contribution in [0.5, 0.6) is 0 Å². The Morgan fingerprint density at radius 1 is 1.17 bits per heavy atom. The van der Waals surface area contributed by atoms with Gasteiger partial charge in [0.05, 0.1) is 28.1 Å². The highest BCUT2D eigenvalue weighted by atomic mass is 19.1. The van der Waals surface area contributed by atoms with Gasteiger partial charge in [-0.1, -0.05) is 6.58 Å². The summed E-state index contributed by atoms with van der Waals surface area (Å²) in [5.41, 5.74) is 12.5. The van der Waals surface area contributed by atoms with Crippen molar-refractivity contribution in [3.05, 3.63) is 60.8 Å². The van der Waals surface area contributed by atoms with E-state index in [2.05, 4.69) is 39.8 Å². The molecule has 2 aromatic carbocycles. The van der Waals surface area contributed by atoms with Gasteiger partial charge in [-0.3, -0.25) is 4.57 Å². The fourth-order valence-corrected chi connectivity index (χ4v) is 4.30. The molecule has 3 aromatic rings. The molecule has 0 radical (unpaired) electrons. The summed E-state index contributed by atoms with van der Waals surface area (Å²) in [6.45, 7) is 10.5. The van der Waals surface area contributed by atoms with E-state index in [0.29, 0.717) is 11.4 Å². The van der Waals surface area contributed by atoms with Gasteiger partial charge in [-0.05, 0) is 37.3 Å². The molecule has 0 amide bonds. The van der Waals surface area contributed by atoms with Crippen molar-refractivity contribution in [1.29, 1.82) is 0 Å². The summed E-state index contributed by atoms with van der Waals surface area (Å²) in [4.78, 5) is 8.74. The number of piperazine rings is 1. The zero-order chi connectivity index (χ0) is 20.8. The van der Waals surface area contributed by atoms with Crippen molar-refractivity contribution in [2.45, 2.75) is 6.92 Å². The average Bonchev–Trinajstić information content (AvgIpc) is 3.17. The lowest BCUT2D eigenvalue weighted by Crippen LogP contribution is -2.44. The standard InChI is InChI=1S/C23H25FN6/c1-3-28-13-23(30-14-27-19-5-4-16(25)10-22(19)30)15(2)17-11-18(24)21(12-20(17)28)29-8-6-26-7-9-29/h4-5,10-14,26H,2-3,6-9,25H2,1H3. The van der Waals surface area contributed by atoms with Gasteiger partial charge in [0.1, 0.15) is 12.1 Å². The van der Waals surface area contributed by atoms with Crippen LogP contribution >= 0.6 is 0 Å². The van der Waals surface area contributed by atoms with Crippen molar-refractivity contribution in [1.82, 2.24) is 14.9 Å². The lowest BCUT2D eigenvalue weighted by molar-refractivity contribution is 0.566. The van der Waals surface area contributed by atoms with Crippen molar-refractivity contribution in [2.75, 3.05) is 48.3 Å². The Morgan fingerprint density at radius 2 is 1.97 bits per heavy atom. The van der Waals surface area contributed by atoms with Crippen LogP contribution in [0.2, 0.25) is 0 Å². The fourth-order valence-electron chi connectivity index (χ4n) is 4.30. The molecule has 3 heterocycles. The second kappa shape index (κ2) is 7.18. The maximum absolute atomic E-state index is 15.2. The molecule has 0 bridgehead atoms. The van der Waals surface area contributed by atoms with E-state index < -0.39 is 0 Å². The third-order valence-electron chi connectivity index (χ3n) is 5.92. The van der Waals surface area contributed by atoms with E-state index in [0.717, 1.165) is 66.3 Å². The molecule has 0 atom stereocenters. The Kier molecular flexibility index (Phi) is 4.47. The van der Waals surface area contributed by atoms with Crippen LogP contribution in [0.1, 0.15) is 12.5 Å². The lowest BCUT2D eigenvalue weighted by atomic mass is 9.97. The molecule has 1 aromatic heterocycles. The quantitative estimate of drug-likeness (QED) is 0.654. The minimum atomic E-state index is -0.214. The van der Waals surface area contributed by atoms with Gasteiger partial charge in [0, 0.05) is 55.7 Å². The minimum Gasteiger partial charge on any atom is -0.399 e. The number of nitrogen functional groups attached to an aromatic ring is 1. The smallest absolute Gasteiger partial charge is 0.147 e. The normalized spacial score (nSPS) is 16.7. The molecule has 1 saturated heterocycles. The molecule has 7 heteroatoms. The van der Waals surface area contributed by atoms with Crippen LogP contribution in [0.25, 0.3) is 22.3 Å². The first kappa shape index (κ1) is 18.7. The van der Waals surface area contributed by atoms with Crippen LogP contribution in [0.4, 0.5) is 21.5 Å². The lowest BCUT2D eigenvalue weighted by Gasteiger charge is -2.34. The van der Waals surface area contributed by atoms with Crippen LogP contribution in [-0.2, 0) is 0 Å². The first-order valence-electron chi connectivity index (χ1n) is 10.3. The number of anilines is 3. The first-order chi connectivity index (χ1) is 14.6. The van der Waals surface area contributed by atoms with Crippen LogP contribution in [0.15, 0.2) is 49.4 Å². The molecule has 6 nitrogen and oxygen atoms in total. The fraction of sp³-hybridized carbons (Fsp3) is 0.261. The maximum atomic E-state index is 15.2. The predicted octanol–water partition coefficient (Wildman–Crippen LogP) is 3.52. The zero-order valence-electron chi connectivity index (χ0n) is 17.0. The van der Waals surface area contributed by atoms with Crippen LogP contribution in [-0.4, -0.2) is 42.3 Å². The number of hydrogen-bond donors (Lipinski definition) is 2. The van der Waals surface area contributed by atoms with Crippen LogP contribution in [0, 0.1) is 5.82 Å². The number of benzene rings is 2.